The van der Waals surface area contributed by atoms with E-state index in [4.69, 9.17) is 16.3 Å². The maximum Gasteiger partial charge on any atom is 0.264 e. The summed E-state index contributed by atoms with van der Waals surface area (Å²) < 4.78 is 7.92. The number of aryl methyl sites for hydroxylation is 1. The van der Waals surface area contributed by atoms with Crippen LogP contribution in [0.3, 0.4) is 0 Å². The Labute approximate surface area is 186 Å². The normalized spacial score (nSPS) is 10.9. The van der Waals surface area contributed by atoms with Crippen LogP contribution in [0.25, 0.3) is 11.0 Å². The lowest BCUT2D eigenvalue weighted by Crippen LogP contribution is -2.27. The monoisotopic (exact) mass is 455 g/mol. The fourth-order valence-corrected chi connectivity index (χ4v) is 4.08. The first-order valence-electron chi connectivity index (χ1n) is 9.23. The molecule has 0 saturated carbocycles. The number of carbonyl (C=O) groups is 1. The van der Waals surface area contributed by atoms with Crippen molar-refractivity contribution in [3.8, 4) is 5.75 Å². The molecule has 0 bridgehead atoms. The number of carbonyl (C=O) groups excluding carboxylic acids is 1. The van der Waals surface area contributed by atoms with Crippen LogP contribution in [0, 0.1) is 0 Å². The van der Waals surface area contributed by atoms with E-state index >= 15 is 0 Å². The lowest BCUT2D eigenvalue weighted by atomic mass is 10.3. The summed E-state index contributed by atoms with van der Waals surface area (Å²) in [6.07, 6.45) is 2.78. The molecule has 0 aliphatic carbocycles. The topological polar surface area (TPSA) is 91.0 Å². The molecule has 0 fully saturated rings. The smallest absolute Gasteiger partial charge is 0.264 e. The second-order valence-corrected chi connectivity index (χ2v) is 8.18. The Hall–Kier alpha value is -3.30. The Morgan fingerprint density at radius 3 is 2.71 bits per heavy atom. The van der Waals surface area contributed by atoms with E-state index < -0.39 is 0 Å². The second kappa shape index (κ2) is 8.83. The summed E-state index contributed by atoms with van der Waals surface area (Å²) in [4.78, 5) is 31.0. The molecule has 4 rings (SSSR count). The third-order valence-corrected chi connectivity index (χ3v) is 6.04. The number of hydrogen-bond acceptors (Lipinski definition) is 6. The fraction of sp³-hybridized carbons (Fsp3) is 0.143. The molecule has 0 unspecified atom stereocenters. The highest BCUT2D eigenvalue weighted by Crippen LogP contribution is 2.35. The average molecular weight is 456 g/mol. The highest BCUT2D eigenvalue weighted by molar-refractivity contribution is 7.99. The minimum atomic E-state index is -0.362. The standard InChI is InChI=1S/C21H18ClN5O3S/c1-26-20-16(10-24-26)21(29)27(12-23-20)11-19(28)25-13-3-8-18(17(22)9-13)31-15-6-4-14(30-2)5-7-15/h3-10,12H,11H2,1-2H3,(H,25,28). The van der Waals surface area contributed by atoms with Gasteiger partial charge < -0.3 is 10.1 Å². The first kappa shape index (κ1) is 21.0. The van der Waals surface area contributed by atoms with E-state index in [0.717, 1.165) is 15.5 Å². The van der Waals surface area contributed by atoms with Gasteiger partial charge in [-0.2, -0.15) is 5.10 Å². The summed E-state index contributed by atoms with van der Waals surface area (Å²) in [6.45, 7) is -0.170. The molecule has 1 N–H and O–H groups in total. The van der Waals surface area contributed by atoms with E-state index in [-0.39, 0.29) is 18.0 Å². The number of benzene rings is 2. The van der Waals surface area contributed by atoms with Gasteiger partial charge in [-0.25, -0.2) is 4.98 Å². The van der Waals surface area contributed by atoms with Gasteiger partial charge in [0.05, 0.1) is 18.3 Å². The van der Waals surface area contributed by atoms with E-state index in [2.05, 4.69) is 15.4 Å². The minimum absolute atomic E-state index is 0.170. The van der Waals surface area contributed by atoms with Gasteiger partial charge in [-0.15, -0.1) is 0 Å². The minimum Gasteiger partial charge on any atom is -0.497 e. The van der Waals surface area contributed by atoms with Crippen LogP contribution < -0.4 is 15.6 Å². The second-order valence-electron chi connectivity index (χ2n) is 6.65. The summed E-state index contributed by atoms with van der Waals surface area (Å²) in [5.74, 6) is 0.421. The first-order valence-corrected chi connectivity index (χ1v) is 10.4. The van der Waals surface area contributed by atoms with Crippen LogP contribution in [0.2, 0.25) is 5.02 Å². The Bertz CT molecular complexity index is 1320. The largest absolute Gasteiger partial charge is 0.497 e. The van der Waals surface area contributed by atoms with Crippen LogP contribution in [0.5, 0.6) is 5.75 Å². The van der Waals surface area contributed by atoms with Crippen molar-refractivity contribution in [1.82, 2.24) is 19.3 Å². The quantitative estimate of drug-likeness (QED) is 0.478. The third kappa shape index (κ3) is 4.57. The Balaban J connectivity index is 1.44. The van der Waals surface area contributed by atoms with Crippen LogP contribution in [0.4, 0.5) is 5.69 Å². The number of amides is 1. The molecule has 2 aromatic heterocycles. The molecule has 0 radical (unpaired) electrons. The van der Waals surface area contributed by atoms with Crippen molar-refractivity contribution in [2.24, 2.45) is 7.05 Å². The third-order valence-electron chi connectivity index (χ3n) is 4.53. The number of halogens is 1. The Morgan fingerprint density at radius 2 is 2.00 bits per heavy atom. The zero-order valence-corrected chi connectivity index (χ0v) is 18.3. The molecule has 0 aliphatic rings. The summed E-state index contributed by atoms with van der Waals surface area (Å²) in [5, 5.41) is 7.65. The van der Waals surface area contributed by atoms with Gasteiger partial charge in [-0.3, -0.25) is 18.8 Å². The van der Waals surface area contributed by atoms with E-state index in [9.17, 15) is 9.59 Å². The van der Waals surface area contributed by atoms with Crippen molar-refractivity contribution in [2.45, 2.75) is 16.3 Å². The van der Waals surface area contributed by atoms with Crippen molar-refractivity contribution in [3.63, 3.8) is 0 Å². The van der Waals surface area contributed by atoms with Gasteiger partial charge in [0.25, 0.3) is 5.56 Å². The highest BCUT2D eigenvalue weighted by Gasteiger charge is 2.12. The van der Waals surface area contributed by atoms with E-state index in [1.807, 2.05) is 30.3 Å². The van der Waals surface area contributed by atoms with Gasteiger partial charge in [-0.05, 0) is 42.5 Å². The molecule has 2 heterocycles. The summed E-state index contributed by atoms with van der Waals surface area (Å²) >= 11 is 7.91. The molecule has 0 aliphatic heterocycles. The molecule has 4 aromatic rings. The van der Waals surface area contributed by atoms with Gasteiger partial charge in [0.2, 0.25) is 5.91 Å². The van der Waals surface area contributed by atoms with Crippen LogP contribution in [-0.4, -0.2) is 32.3 Å². The summed E-state index contributed by atoms with van der Waals surface area (Å²) in [5.41, 5.74) is 0.688. The molecule has 2 aromatic carbocycles. The van der Waals surface area contributed by atoms with Gasteiger partial charge in [0, 0.05) is 22.5 Å². The number of hydrogen-bond donors (Lipinski definition) is 1. The average Bonchev–Trinajstić information content (AvgIpc) is 3.14. The number of aromatic nitrogens is 4. The SMILES string of the molecule is COc1ccc(Sc2ccc(NC(=O)Cn3cnc4c(cnn4C)c3=O)cc2Cl)cc1. The Morgan fingerprint density at radius 1 is 1.23 bits per heavy atom. The predicted molar refractivity (Wildman–Crippen MR) is 120 cm³/mol. The number of nitrogens with zero attached hydrogens (tertiary/aromatic N) is 4. The van der Waals surface area contributed by atoms with Crippen molar-refractivity contribution in [3.05, 3.63) is 70.4 Å². The molecule has 158 valence electrons. The van der Waals surface area contributed by atoms with Crippen molar-refractivity contribution in [1.29, 1.82) is 0 Å². The van der Waals surface area contributed by atoms with Crippen LogP contribution in [-0.2, 0) is 18.4 Å². The van der Waals surface area contributed by atoms with Gasteiger partial charge in [0.1, 0.15) is 24.0 Å². The Kier molecular flexibility index (Phi) is 5.97. The lowest BCUT2D eigenvalue weighted by Gasteiger charge is -2.10. The number of nitrogens with one attached hydrogen (secondary N) is 1. The molecule has 0 spiro atoms. The predicted octanol–water partition coefficient (Wildman–Crippen LogP) is 3.58. The maximum atomic E-state index is 12.5. The molecule has 31 heavy (non-hydrogen) atoms. The fourth-order valence-electron chi connectivity index (χ4n) is 2.97. The first-order chi connectivity index (χ1) is 14.9. The van der Waals surface area contributed by atoms with Crippen molar-refractivity contribution < 1.29 is 9.53 Å². The van der Waals surface area contributed by atoms with Crippen molar-refractivity contribution in [2.75, 3.05) is 12.4 Å². The molecule has 0 saturated heterocycles. The van der Waals surface area contributed by atoms with Crippen LogP contribution in [0.15, 0.2) is 69.6 Å². The van der Waals surface area contributed by atoms with Gasteiger partial charge in [-0.1, -0.05) is 23.4 Å². The van der Waals surface area contributed by atoms with Gasteiger partial charge >= 0.3 is 0 Å². The number of ether oxygens (including phenoxy) is 1. The molecule has 0 atom stereocenters. The highest BCUT2D eigenvalue weighted by atomic mass is 35.5. The molecule has 8 nitrogen and oxygen atoms in total. The van der Waals surface area contributed by atoms with E-state index in [0.29, 0.717) is 21.7 Å². The summed E-state index contributed by atoms with van der Waals surface area (Å²) in [7, 11) is 3.32. The van der Waals surface area contributed by atoms with Crippen molar-refractivity contribution >= 4 is 46.0 Å². The maximum absolute atomic E-state index is 12.5. The van der Waals surface area contributed by atoms with E-state index in [1.54, 1.807) is 26.3 Å². The number of methoxy groups -OCH3 is 1. The zero-order chi connectivity index (χ0) is 22.0. The number of fused-ring (bicyclic) bond motifs is 1. The van der Waals surface area contributed by atoms with Crippen LogP contribution in [0.1, 0.15) is 0 Å². The number of anilines is 1. The molecular weight excluding hydrogens is 438 g/mol. The van der Waals surface area contributed by atoms with Crippen LogP contribution >= 0.6 is 23.4 Å². The van der Waals surface area contributed by atoms with Gasteiger partial charge in [0.15, 0.2) is 5.65 Å². The van der Waals surface area contributed by atoms with E-state index in [1.165, 1.54) is 33.5 Å². The number of rotatable bonds is 6. The molecule has 10 heteroatoms. The molecule has 1 amide bonds. The summed E-state index contributed by atoms with van der Waals surface area (Å²) in [6, 6.07) is 12.9. The lowest BCUT2D eigenvalue weighted by molar-refractivity contribution is -0.116. The zero-order valence-electron chi connectivity index (χ0n) is 16.7. The molecular formula is C21H18ClN5O3S.